The summed E-state index contributed by atoms with van der Waals surface area (Å²) in [6.45, 7) is 1.98. The largest absolute Gasteiger partial charge is 0.493 e. The third-order valence-corrected chi connectivity index (χ3v) is 3.34. The zero-order valence-electron chi connectivity index (χ0n) is 12.6. The van der Waals surface area contributed by atoms with E-state index in [1.165, 1.54) is 5.56 Å². The molecule has 112 valence electrons. The van der Waals surface area contributed by atoms with Crippen molar-refractivity contribution in [2.24, 2.45) is 5.73 Å². The molecule has 4 nitrogen and oxygen atoms in total. The van der Waals surface area contributed by atoms with Crippen molar-refractivity contribution >= 4 is 0 Å². The van der Waals surface area contributed by atoms with Crippen molar-refractivity contribution < 1.29 is 9.47 Å². The van der Waals surface area contributed by atoms with Crippen molar-refractivity contribution in [2.75, 3.05) is 14.2 Å². The molecule has 0 fully saturated rings. The summed E-state index contributed by atoms with van der Waals surface area (Å²) in [5, 5.41) is 3.42. The van der Waals surface area contributed by atoms with Crippen LogP contribution in [0, 0.1) is 0 Å². The van der Waals surface area contributed by atoms with E-state index in [-0.39, 0.29) is 0 Å². The average Bonchev–Trinajstić information content (AvgIpc) is 2.54. The van der Waals surface area contributed by atoms with Gasteiger partial charge in [0.15, 0.2) is 11.5 Å². The smallest absolute Gasteiger partial charge is 0.165 e. The summed E-state index contributed by atoms with van der Waals surface area (Å²) < 4.78 is 10.8. The molecule has 0 radical (unpaired) electrons. The van der Waals surface area contributed by atoms with Crippen LogP contribution in [0.1, 0.15) is 16.7 Å². The van der Waals surface area contributed by atoms with Gasteiger partial charge in [-0.15, -0.1) is 0 Å². The normalized spacial score (nSPS) is 10.4. The van der Waals surface area contributed by atoms with Crippen molar-refractivity contribution in [1.82, 2.24) is 5.32 Å². The SMILES string of the molecule is COc1cc(CN)cc(CNCc2ccccc2)c1OC. The Labute approximate surface area is 125 Å². The highest BCUT2D eigenvalue weighted by atomic mass is 16.5. The van der Waals surface area contributed by atoms with Crippen molar-refractivity contribution in [3.05, 3.63) is 59.2 Å². The number of benzene rings is 2. The van der Waals surface area contributed by atoms with E-state index in [1.54, 1.807) is 14.2 Å². The van der Waals surface area contributed by atoms with Gasteiger partial charge >= 0.3 is 0 Å². The third-order valence-electron chi connectivity index (χ3n) is 3.34. The second kappa shape index (κ2) is 7.67. The summed E-state index contributed by atoms with van der Waals surface area (Å²) >= 11 is 0. The van der Waals surface area contributed by atoms with Gasteiger partial charge in [0, 0.05) is 25.2 Å². The Morgan fingerprint density at radius 3 is 2.33 bits per heavy atom. The number of methoxy groups -OCH3 is 2. The van der Waals surface area contributed by atoms with Gasteiger partial charge in [-0.1, -0.05) is 30.3 Å². The van der Waals surface area contributed by atoms with Gasteiger partial charge < -0.3 is 20.5 Å². The van der Waals surface area contributed by atoms with Crippen LogP contribution in [0.2, 0.25) is 0 Å². The molecule has 0 amide bonds. The topological polar surface area (TPSA) is 56.5 Å². The molecule has 0 heterocycles. The number of ether oxygens (including phenoxy) is 2. The number of hydrogen-bond acceptors (Lipinski definition) is 4. The highest BCUT2D eigenvalue weighted by molar-refractivity contribution is 5.49. The molecule has 4 heteroatoms. The van der Waals surface area contributed by atoms with Gasteiger partial charge in [-0.3, -0.25) is 0 Å². The molecular weight excluding hydrogens is 264 g/mol. The zero-order valence-corrected chi connectivity index (χ0v) is 12.6. The Balaban J connectivity index is 2.11. The lowest BCUT2D eigenvalue weighted by Crippen LogP contribution is -2.14. The Bertz CT molecular complexity index is 571. The van der Waals surface area contributed by atoms with E-state index >= 15 is 0 Å². The zero-order chi connectivity index (χ0) is 15.1. The maximum Gasteiger partial charge on any atom is 0.165 e. The summed E-state index contributed by atoms with van der Waals surface area (Å²) in [6.07, 6.45) is 0. The molecule has 2 aromatic carbocycles. The van der Waals surface area contributed by atoms with Gasteiger partial charge in [-0.25, -0.2) is 0 Å². The molecule has 0 atom stereocenters. The van der Waals surface area contributed by atoms with Crippen LogP contribution in [-0.2, 0) is 19.6 Å². The molecule has 0 aliphatic heterocycles. The molecule has 21 heavy (non-hydrogen) atoms. The van der Waals surface area contributed by atoms with Gasteiger partial charge in [-0.2, -0.15) is 0 Å². The van der Waals surface area contributed by atoms with E-state index in [1.807, 2.05) is 24.3 Å². The first-order chi connectivity index (χ1) is 10.3. The molecule has 0 aliphatic carbocycles. The van der Waals surface area contributed by atoms with Gasteiger partial charge in [-0.05, 0) is 23.3 Å². The molecule has 3 N–H and O–H groups in total. The first-order valence-corrected chi connectivity index (χ1v) is 6.97. The third kappa shape index (κ3) is 3.97. The predicted octanol–water partition coefficient (Wildman–Crippen LogP) is 2.45. The maximum atomic E-state index is 5.74. The van der Waals surface area contributed by atoms with Crippen LogP contribution in [0.5, 0.6) is 11.5 Å². The van der Waals surface area contributed by atoms with Crippen LogP contribution in [0.25, 0.3) is 0 Å². The van der Waals surface area contributed by atoms with Crippen LogP contribution >= 0.6 is 0 Å². The number of nitrogens with one attached hydrogen (secondary N) is 1. The lowest BCUT2D eigenvalue weighted by atomic mass is 10.1. The summed E-state index contributed by atoms with van der Waals surface area (Å²) in [5.74, 6) is 1.48. The Morgan fingerprint density at radius 2 is 1.71 bits per heavy atom. The molecule has 0 saturated heterocycles. The number of hydrogen-bond donors (Lipinski definition) is 2. The van der Waals surface area contributed by atoms with Gasteiger partial charge in [0.05, 0.1) is 14.2 Å². The summed E-state index contributed by atoms with van der Waals surface area (Å²) in [6, 6.07) is 14.3. The molecule has 0 bridgehead atoms. The fourth-order valence-corrected chi connectivity index (χ4v) is 2.29. The van der Waals surface area contributed by atoms with E-state index in [0.717, 1.165) is 29.2 Å². The first-order valence-electron chi connectivity index (χ1n) is 6.97. The van der Waals surface area contributed by atoms with Gasteiger partial charge in [0.1, 0.15) is 0 Å². The highest BCUT2D eigenvalue weighted by Crippen LogP contribution is 2.32. The Kier molecular flexibility index (Phi) is 5.60. The van der Waals surface area contributed by atoms with E-state index in [0.29, 0.717) is 13.1 Å². The van der Waals surface area contributed by atoms with Crippen molar-refractivity contribution in [3.63, 3.8) is 0 Å². The fraction of sp³-hybridized carbons (Fsp3) is 0.294. The van der Waals surface area contributed by atoms with Gasteiger partial charge in [0.25, 0.3) is 0 Å². The Morgan fingerprint density at radius 1 is 0.952 bits per heavy atom. The number of rotatable bonds is 7. The van der Waals surface area contributed by atoms with Crippen LogP contribution in [0.4, 0.5) is 0 Å². The number of nitrogens with two attached hydrogens (primary N) is 1. The van der Waals surface area contributed by atoms with E-state index in [9.17, 15) is 0 Å². The summed E-state index contributed by atoms with van der Waals surface area (Å²) in [5.41, 5.74) is 9.07. The van der Waals surface area contributed by atoms with Gasteiger partial charge in [0.2, 0.25) is 0 Å². The molecule has 0 spiro atoms. The summed E-state index contributed by atoms with van der Waals surface area (Å²) in [4.78, 5) is 0. The van der Waals surface area contributed by atoms with E-state index < -0.39 is 0 Å². The van der Waals surface area contributed by atoms with E-state index in [2.05, 4.69) is 23.5 Å². The lowest BCUT2D eigenvalue weighted by Gasteiger charge is -2.15. The second-order valence-corrected chi connectivity index (χ2v) is 4.78. The van der Waals surface area contributed by atoms with Crippen LogP contribution in [-0.4, -0.2) is 14.2 Å². The molecule has 2 aromatic rings. The minimum absolute atomic E-state index is 0.478. The average molecular weight is 286 g/mol. The second-order valence-electron chi connectivity index (χ2n) is 4.78. The molecule has 0 aromatic heterocycles. The monoisotopic (exact) mass is 286 g/mol. The van der Waals surface area contributed by atoms with Crippen molar-refractivity contribution in [2.45, 2.75) is 19.6 Å². The molecule has 0 aliphatic rings. The predicted molar refractivity (Wildman–Crippen MR) is 84.4 cm³/mol. The summed E-state index contributed by atoms with van der Waals surface area (Å²) in [7, 11) is 3.29. The maximum absolute atomic E-state index is 5.74. The molecular formula is C17H22N2O2. The van der Waals surface area contributed by atoms with Crippen LogP contribution < -0.4 is 20.5 Å². The standard InChI is InChI=1S/C17H22N2O2/c1-20-16-9-14(10-18)8-15(17(16)21-2)12-19-11-13-6-4-3-5-7-13/h3-9,19H,10-12,18H2,1-2H3. The minimum atomic E-state index is 0.478. The lowest BCUT2D eigenvalue weighted by molar-refractivity contribution is 0.350. The van der Waals surface area contributed by atoms with Crippen LogP contribution in [0.3, 0.4) is 0 Å². The van der Waals surface area contributed by atoms with E-state index in [4.69, 9.17) is 15.2 Å². The molecule has 0 unspecified atom stereocenters. The quantitative estimate of drug-likeness (QED) is 0.821. The Hall–Kier alpha value is -2.04. The molecule has 2 rings (SSSR count). The minimum Gasteiger partial charge on any atom is -0.493 e. The fourth-order valence-electron chi connectivity index (χ4n) is 2.29. The first kappa shape index (κ1) is 15.4. The van der Waals surface area contributed by atoms with Crippen LogP contribution in [0.15, 0.2) is 42.5 Å². The highest BCUT2D eigenvalue weighted by Gasteiger charge is 2.11. The van der Waals surface area contributed by atoms with Crippen molar-refractivity contribution in [3.8, 4) is 11.5 Å². The van der Waals surface area contributed by atoms with Crippen molar-refractivity contribution in [1.29, 1.82) is 0 Å². The molecule has 0 saturated carbocycles.